The number of rotatable bonds is 5. The van der Waals surface area contributed by atoms with Gasteiger partial charge in [-0.3, -0.25) is 0 Å². The van der Waals surface area contributed by atoms with Crippen LogP contribution in [0, 0.1) is 0 Å². The van der Waals surface area contributed by atoms with Gasteiger partial charge in [0.1, 0.15) is 6.29 Å². The average Bonchev–Trinajstić information content (AvgIpc) is 3.08. The number of hydrogen-bond acceptors (Lipinski definition) is 3. The monoisotopic (exact) mass is 362 g/mol. The number of aliphatic hydroxyl groups is 1. The standard InChI is InChI=1S/C10H11ClO.C10H12OS/c11-10(7-4-8-12)9-5-2-1-3-6-9;11-10-7-6-9(12-10)8-4-2-1-3-5-8/h1-3,5-6,8,10H,4,7H2;1-5,9-11H,6-7H2. The SMILES string of the molecule is O=CCCC(Cl)c1ccccc1.OC1CCC(c2ccccc2)S1. The van der Waals surface area contributed by atoms with Gasteiger partial charge in [0.15, 0.2) is 0 Å². The molecule has 128 valence electrons. The molecular weight excluding hydrogens is 340 g/mol. The lowest BCUT2D eigenvalue weighted by atomic mass is 10.1. The maximum Gasteiger partial charge on any atom is 0.120 e. The lowest BCUT2D eigenvalue weighted by Gasteiger charge is -2.07. The molecule has 24 heavy (non-hydrogen) atoms. The second kappa shape index (κ2) is 10.5. The van der Waals surface area contributed by atoms with Gasteiger partial charge in [-0.2, -0.15) is 0 Å². The largest absolute Gasteiger partial charge is 0.382 e. The zero-order valence-electron chi connectivity index (χ0n) is 13.6. The summed E-state index contributed by atoms with van der Waals surface area (Å²) in [6.45, 7) is 0. The van der Waals surface area contributed by atoms with Crippen LogP contribution in [0.15, 0.2) is 60.7 Å². The Morgan fingerprint density at radius 3 is 2.25 bits per heavy atom. The van der Waals surface area contributed by atoms with E-state index in [1.54, 1.807) is 11.8 Å². The molecule has 1 fully saturated rings. The van der Waals surface area contributed by atoms with E-state index in [4.69, 9.17) is 11.6 Å². The van der Waals surface area contributed by atoms with E-state index in [9.17, 15) is 9.90 Å². The summed E-state index contributed by atoms with van der Waals surface area (Å²) in [7, 11) is 0. The first kappa shape index (κ1) is 19.0. The summed E-state index contributed by atoms with van der Waals surface area (Å²) >= 11 is 7.70. The molecule has 1 saturated heterocycles. The Bertz CT molecular complexity index is 591. The zero-order chi connectivity index (χ0) is 17.2. The second-order valence-corrected chi connectivity index (χ2v) is 7.60. The van der Waals surface area contributed by atoms with E-state index < -0.39 is 0 Å². The first-order valence-corrected chi connectivity index (χ1v) is 9.59. The highest BCUT2D eigenvalue weighted by atomic mass is 35.5. The maximum atomic E-state index is 10.1. The van der Waals surface area contributed by atoms with Crippen molar-refractivity contribution >= 4 is 29.6 Å². The fourth-order valence-corrected chi connectivity index (χ4v) is 4.08. The van der Waals surface area contributed by atoms with Crippen LogP contribution in [-0.2, 0) is 4.79 Å². The van der Waals surface area contributed by atoms with E-state index in [2.05, 4.69) is 24.3 Å². The topological polar surface area (TPSA) is 37.3 Å². The van der Waals surface area contributed by atoms with Crippen LogP contribution < -0.4 is 0 Å². The number of aldehydes is 1. The average molecular weight is 363 g/mol. The molecule has 1 heterocycles. The van der Waals surface area contributed by atoms with Crippen LogP contribution in [0.1, 0.15) is 47.4 Å². The number of carbonyl (C=O) groups is 1. The summed E-state index contributed by atoms with van der Waals surface area (Å²) < 4.78 is 0. The van der Waals surface area contributed by atoms with Crippen molar-refractivity contribution in [2.24, 2.45) is 0 Å². The van der Waals surface area contributed by atoms with Crippen molar-refractivity contribution in [1.29, 1.82) is 0 Å². The second-order valence-electron chi connectivity index (χ2n) is 5.69. The van der Waals surface area contributed by atoms with E-state index >= 15 is 0 Å². The van der Waals surface area contributed by atoms with Crippen LogP contribution in [-0.4, -0.2) is 16.8 Å². The van der Waals surface area contributed by atoms with Crippen molar-refractivity contribution in [3.63, 3.8) is 0 Å². The summed E-state index contributed by atoms with van der Waals surface area (Å²) in [6.07, 6.45) is 4.19. The van der Waals surface area contributed by atoms with Crippen molar-refractivity contribution in [3.05, 3.63) is 71.8 Å². The number of alkyl halides is 1. The summed E-state index contributed by atoms with van der Waals surface area (Å²) in [6, 6.07) is 20.2. The minimum absolute atomic E-state index is 0.0311. The highest BCUT2D eigenvalue weighted by Gasteiger charge is 2.24. The third-order valence-corrected chi connectivity index (χ3v) is 5.72. The first-order valence-electron chi connectivity index (χ1n) is 8.22. The van der Waals surface area contributed by atoms with Crippen molar-refractivity contribution in [2.75, 3.05) is 0 Å². The van der Waals surface area contributed by atoms with E-state index in [-0.39, 0.29) is 10.8 Å². The predicted molar refractivity (Wildman–Crippen MR) is 102 cm³/mol. The molecule has 0 aliphatic carbocycles. The van der Waals surface area contributed by atoms with Gasteiger partial charge in [0.05, 0.1) is 10.8 Å². The van der Waals surface area contributed by atoms with Gasteiger partial charge >= 0.3 is 0 Å². The number of thioether (sulfide) groups is 1. The highest BCUT2D eigenvalue weighted by Crippen LogP contribution is 2.43. The first-order chi connectivity index (χ1) is 11.7. The van der Waals surface area contributed by atoms with Crippen LogP contribution in [0.4, 0.5) is 0 Å². The van der Waals surface area contributed by atoms with Gasteiger partial charge in [-0.25, -0.2) is 0 Å². The van der Waals surface area contributed by atoms with Gasteiger partial charge in [-0.15, -0.1) is 23.4 Å². The molecule has 3 rings (SSSR count). The molecule has 1 aliphatic heterocycles. The third-order valence-electron chi connectivity index (χ3n) is 3.87. The number of benzene rings is 2. The van der Waals surface area contributed by atoms with Gasteiger partial charge in [-0.1, -0.05) is 60.7 Å². The van der Waals surface area contributed by atoms with Crippen molar-refractivity contribution < 1.29 is 9.90 Å². The fraction of sp³-hybridized carbons (Fsp3) is 0.350. The van der Waals surface area contributed by atoms with Crippen LogP contribution in [0.5, 0.6) is 0 Å². The molecule has 0 bridgehead atoms. The molecule has 2 aromatic rings. The van der Waals surface area contributed by atoms with Gasteiger partial charge in [0.25, 0.3) is 0 Å². The molecule has 0 amide bonds. The molecule has 2 aromatic carbocycles. The number of carbonyl (C=O) groups excluding carboxylic acids is 1. The molecule has 0 spiro atoms. The Kier molecular flexibility index (Phi) is 8.37. The Morgan fingerprint density at radius 1 is 1.08 bits per heavy atom. The molecular formula is C20H23ClO2S. The van der Waals surface area contributed by atoms with Gasteiger partial charge < -0.3 is 9.90 Å². The Morgan fingerprint density at radius 2 is 1.71 bits per heavy atom. The van der Waals surface area contributed by atoms with Crippen molar-refractivity contribution in [3.8, 4) is 0 Å². The van der Waals surface area contributed by atoms with Crippen LogP contribution in [0.25, 0.3) is 0 Å². The maximum absolute atomic E-state index is 10.1. The minimum atomic E-state index is -0.143. The number of halogens is 1. The summed E-state index contributed by atoms with van der Waals surface area (Å²) in [4.78, 5) is 10.1. The van der Waals surface area contributed by atoms with Gasteiger partial charge in [0, 0.05) is 11.7 Å². The molecule has 4 heteroatoms. The molecule has 2 nitrogen and oxygen atoms in total. The Labute approximate surface area is 153 Å². The molecule has 1 N–H and O–H groups in total. The van der Waals surface area contributed by atoms with Gasteiger partial charge in [-0.05, 0) is 30.4 Å². The highest BCUT2D eigenvalue weighted by molar-refractivity contribution is 8.00. The number of hydrogen-bond donors (Lipinski definition) is 1. The minimum Gasteiger partial charge on any atom is -0.382 e. The third kappa shape index (κ3) is 6.31. The molecule has 3 unspecified atom stereocenters. The lowest BCUT2D eigenvalue weighted by Crippen LogP contribution is -1.90. The Balaban J connectivity index is 0.000000174. The van der Waals surface area contributed by atoms with Crippen molar-refractivity contribution in [2.45, 2.75) is 41.7 Å². The fourth-order valence-electron chi connectivity index (χ4n) is 2.58. The molecule has 3 atom stereocenters. The molecule has 0 aromatic heterocycles. The van der Waals surface area contributed by atoms with Crippen LogP contribution in [0.3, 0.4) is 0 Å². The van der Waals surface area contributed by atoms with E-state index in [1.807, 2.05) is 36.4 Å². The van der Waals surface area contributed by atoms with Crippen LogP contribution in [0.2, 0.25) is 0 Å². The van der Waals surface area contributed by atoms with Crippen LogP contribution >= 0.6 is 23.4 Å². The molecule has 0 radical (unpaired) electrons. The predicted octanol–water partition coefficient (Wildman–Crippen LogP) is 5.52. The Hall–Kier alpha value is -1.29. The summed E-state index contributed by atoms with van der Waals surface area (Å²) in [5.74, 6) is 0. The van der Waals surface area contributed by atoms with Crippen molar-refractivity contribution in [1.82, 2.24) is 0 Å². The lowest BCUT2D eigenvalue weighted by molar-refractivity contribution is -0.107. The van der Waals surface area contributed by atoms with Gasteiger partial charge in [0.2, 0.25) is 0 Å². The van der Waals surface area contributed by atoms with E-state index in [0.29, 0.717) is 11.7 Å². The summed E-state index contributed by atoms with van der Waals surface area (Å²) in [5, 5.41) is 9.81. The normalized spacial score (nSPS) is 20.8. The summed E-state index contributed by atoms with van der Waals surface area (Å²) in [5.41, 5.74) is 2.29. The quantitative estimate of drug-likeness (QED) is 0.562. The molecule has 1 aliphatic rings. The zero-order valence-corrected chi connectivity index (χ0v) is 15.1. The van der Waals surface area contributed by atoms with E-state index in [1.165, 1.54) is 5.56 Å². The molecule has 0 saturated carbocycles. The van der Waals surface area contributed by atoms with E-state index in [0.717, 1.165) is 31.1 Å². The number of aliphatic hydroxyl groups excluding tert-OH is 1. The smallest absolute Gasteiger partial charge is 0.120 e.